The minimum absolute atomic E-state index is 0.0424. The Kier molecular flexibility index (Phi) is 4.86. The van der Waals surface area contributed by atoms with Crippen LogP contribution in [-0.2, 0) is 0 Å². The molecule has 0 aromatic carbocycles. The van der Waals surface area contributed by atoms with Gasteiger partial charge in [0.1, 0.15) is 10.7 Å². The van der Waals surface area contributed by atoms with E-state index in [4.69, 9.17) is 5.73 Å². The van der Waals surface area contributed by atoms with Crippen molar-refractivity contribution < 1.29 is 4.79 Å². The van der Waals surface area contributed by atoms with E-state index >= 15 is 0 Å². The lowest BCUT2D eigenvalue weighted by Gasteiger charge is -2.27. The summed E-state index contributed by atoms with van der Waals surface area (Å²) in [5.41, 5.74) is 5.91. The number of nitrogens with one attached hydrogen (secondary N) is 1. The van der Waals surface area contributed by atoms with Gasteiger partial charge in [-0.15, -0.1) is 0 Å². The van der Waals surface area contributed by atoms with Gasteiger partial charge in [0, 0.05) is 19.1 Å². The number of carbonyl (C=O) groups excluding carboxylic acids is 1. The number of likely N-dealkylation sites (tertiary alicyclic amines) is 1. The van der Waals surface area contributed by atoms with Crippen molar-refractivity contribution in [2.24, 2.45) is 5.92 Å². The van der Waals surface area contributed by atoms with Crippen molar-refractivity contribution in [3.63, 3.8) is 0 Å². The second kappa shape index (κ2) is 6.43. The molecule has 0 aliphatic carbocycles. The molecule has 6 heteroatoms. The molecule has 0 radical (unpaired) electrons. The number of rotatable bonds is 5. The normalized spacial score (nSPS) is 18.8. The zero-order chi connectivity index (χ0) is 14.7. The maximum atomic E-state index is 12.7. The summed E-state index contributed by atoms with van der Waals surface area (Å²) >= 11 is 1.37. The van der Waals surface area contributed by atoms with Crippen molar-refractivity contribution in [1.29, 1.82) is 0 Å². The fraction of sp³-hybridized carbons (Fsp3) is 0.714. The SMILES string of the molecule is CCCNc1nc(N)c(C(=O)N2CCCC2C(C)C)s1. The summed E-state index contributed by atoms with van der Waals surface area (Å²) in [7, 11) is 0. The number of amides is 1. The molecule has 1 saturated heterocycles. The van der Waals surface area contributed by atoms with Crippen LogP contribution in [0.25, 0.3) is 0 Å². The first kappa shape index (κ1) is 15.1. The fourth-order valence-electron chi connectivity index (χ4n) is 2.66. The van der Waals surface area contributed by atoms with E-state index < -0.39 is 0 Å². The van der Waals surface area contributed by atoms with Crippen molar-refractivity contribution in [3.8, 4) is 0 Å². The first-order valence-corrected chi connectivity index (χ1v) is 8.17. The number of aromatic nitrogens is 1. The summed E-state index contributed by atoms with van der Waals surface area (Å²) in [6, 6.07) is 0.330. The number of nitrogen functional groups attached to an aromatic ring is 1. The monoisotopic (exact) mass is 296 g/mol. The molecule has 0 spiro atoms. The van der Waals surface area contributed by atoms with Gasteiger partial charge in [0.25, 0.3) is 5.91 Å². The van der Waals surface area contributed by atoms with Gasteiger partial charge in [-0.25, -0.2) is 4.98 Å². The van der Waals surface area contributed by atoms with Crippen LogP contribution in [-0.4, -0.2) is 34.9 Å². The summed E-state index contributed by atoms with van der Waals surface area (Å²) in [5, 5.41) is 3.94. The van der Waals surface area contributed by atoms with Gasteiger partial charge in [-0.05, 0) is 25.2 Å². The van der Waals surface area contributed by atoms with Crippen molar-refractivity contribution >= 4 is 28.2 Å². The molecule has 1 amide bonds. The molecule has 112 valence electrons. The number of nitrogens with zero attached hydrogens (tertiary/aromatic N) is 2. The molecule has 3 N–H and O–H groups in total. The Morgan fingerprint density at radius 1 is 1.60 bits per heavy atom. The highest BCUT2D eigenvalue weighted by Crippen LogP contribution is 2.31. The van der Waals surface area contributed by atoms with E-state index in [2.05, 4.69) is 31.1 Å². The number of nitrogens with two attached hydrogens (primary N) is 1. The predicted octanol–water partition coefficient (Wildman–Crippen LogP) is 2.81. The van der Waals surface area contributed by atoms with Crippen molar-refractivity contribution in [3.05, 3.63) is 4.88 Å². The number of hydrogen-bond donors (Lipinski definition) is 2. The Hall–Kier alpha value is -1.30. The smallest absolute Gasteiger partial charge is 0.268 e. The number of carbonyl (C=O) groups is 1. The summed E-state index contributed by atoms with van der Waals surface area (Å²) in [6.45, 7) is 8.10. The third-order valence-corrected chi connectivity index (χ3v) is 4.72. The molecule has 1 aromatic rings. The largest absolute Gasteiger partial charge is 0.382 e. The maximum absolute atomic E-state index is 12.7. The Bertz CT molecular complexity index is 472. The van der Waals surface area contributed by atoms with E-state index in [9.17, 15) is 4.79 Å². The standard InChI is InChI=1S/C14H24N4OS/c1-4-7-16-14-17-12(15)11(20-14)13(19)18-8-5-6-10(18)9(2)3/h9-10H,4-8,15H2,1-3H3,(H,16,17). The summed E-state index contributed by atoms with van der Waals surface area (Å²) < 4.78 is 0. The number of anilines is 2. The van der Waals surface area contributed by atoms with Gasteiger partial charge in [-0.2, -0.15) is 0 Å². The molecule has 1 fully saturated rings. The highest BCUT2D eigenvalue weighted by Gasteiger charge is 2.33. The maximum Gasteiger partial charge on any atom is 0.268 e. The topological polar surface area (TPSA) is 71.2 Å². The highest BCUT2D eigenvalue weighted by molar-refractivity contribution is 7.18. The van der Waals surface area contributed by atoms with Gasteiger partial charge in [0.2, 0.25) is 0 Å². The van der Waals surface area contributed by atoms with Crippen LogP contribution >= 0.6 is 11.3 Å². The van der Waals surface area contributed by atoms with Crippen LogP contribution in [0.15, 0.2) is 0 Å². The van der Waals surface area contributed by atoms with Crippen LogP contribution in [0.4, 0.5) is 10.9 Å². The van der Waals surface area contributed by atoms with Crippen molar-refractivity contribution in [2.45, 2.75) is 46.1 Å². The Morgan fingerprint density at radius 3 is 3.00 bits per heavy atom. The van der Waals surface area contributed by atoms with Crippen LogP contribution < -0.4 is 11.1 Å². The van der Waals surface area contributed by atoms with E-state index in [0.29, 0.717) is 22.7 Å². The molecule has 0 bridgehead atoms. The highest BCUT2D eigenvalue weighted by atomic mass is 32.1. The van der Waals surface area contributed by atoms with Crippen LogP contribution in [0.5, 0.6) is 0 Å². The Balaban J connectivity index is 2.14. The Labute approximate surface area is 124 Å². The first-order chi connectivity index (χ1) is 9.54. The minimum atomic E-state index is 0.0424. The summed E-state index contributed by atoms with van der Waals surface area (Å²) in [5.74, 6) is 0.877. The fourth-order valence-corrected chi connectivity index (χ4v) is 3.53. The summed E-state index contributed by atoms with van der Waals surface area (Å²) in [6.07, 6.45) is 3.18. The zero-order valence-corrected chi connectivity index (χ0v) is 13.3. The minimum Gasteiger partial charge on any atom is -0.382 e. The third-order valence-electron chi connectivity index (χ3n) is 3.70. The quantitative estimate of drug-likeness (QED) is 0.876. The molecule has 1 aliphatic rings. The average molecular weight is 296 g/mol. The molecular formula is C14H24N4OS. The van der Waals surface area contributed by atoms with Gasteiger partial charge >= 0.3 is 0 Å². The van der Waals surface area contributed by atoms with Gasteiger partial charge in [-0.3, -0.25) is 4.79 Å². The molecule has 20 heavy (non-hydrogen) atoms. The van der Waals surface area contributed by atoms with Gasteiger partial charge in [0.15, 0.2) is 5.13 Å². The second-order valence-corrected chi connectivity index (χ2v) is 6.61. The second-order valence-electron chi connectivity index (χ2n) is 5.61. The van der Waals surface area contributed by atoms with Gasteiger partial charge in [-0.1, -0.05) is 32.1 Å². The Morgan fingerprint density at radius 2 is 2.35 bits per heavy atom. The lowest BCUT2D eigenvalue weighted by atomic mass is 10.0. The van der Waals surface area contributed by atoms with Gasteiger partial charge in [0.05, 0.1) is 0 Å². The molecule has 0 saturated carbocycles. The van der Waals surface area contributed by atoms with E-state index in [1.165, 1.54) is 11.3 Å². The van der Waals surface area contributed by atoms with E-state index in [1.807, 2.05) is 4.90 Å². The third kappa shape index (κ3) is 3.06. The first-order valence-electron chi connectivity index (χ1n) is 7.35. The lowest BCUT2D eigenvalue weighted by molar-refractivity contribution is 0.0707. The number of thiazole rings is 1. The van der Waals surface area contributed by atoms with Crippen LogP contribution in [0.2, 0.25) is 0 Å². The van der Waals surface area contributed by atoms with Crippen LogP contribution in [0.1, 0.15) is 49.7 Å². The predicted molar refractivity (Wildman–Crippen MR) is 84.2 cm³/mol. The van der Waals surface area contributed by atoms with Crippen molar-refractivity contribution in [1.82, 2.24) is 9.88 Å². The average Bonchev–Trinajstić information content (AvgIpc) is 3.02. The van der Waals surface area contributed by atoms with Gasteiger partial charge < -0.3 is 16.0 Å². The van der Waals surface area contributed by atoms with E-state index in [-0.39, 0.29) is 5.91 Å². The lowest BCUT2D eigenvalue weighted by Crippen LogP contribution is -2.38. The molecule has 2 heterocycles. The van der Waals surface area contributed by atoms with Crippen molar-refractivity contribution in [2.75, 3.05) is 24.1 Å². The van der Waals surface area contributed by atoms with E-state index in [1.54, 1.807) is 0 Å². The van der Waals surface area contributed by atoms with Crippen LogP contribution in [0.3, 0.4) is 0 Å². The molecule has 1 aliphatic heterocycles. The molecule has 1 aromatic heterocycles. The molecule has 2 rings (SSSR count). The van der Waals surface area contributed by atoms with E-state index in [0.717, 1.165) is 37.5 Å². The molecule has 1 unspecified atom stereocenters. The van der Waals surface area contributed by atoms with Crippen LogP contribution in [0, 0.1) is 5.92 Å². The summed E-state index contributed by atoms with van der Waals surface area (Å²) in [4.78, 5) is 19.5. The molecular weight excluding hydrogens is 272 g/mol. The molecule has 5 nitrogen and oxygen atoms in total. The zero-order valence-electron chi connectivity index (χ0n) is 12.5. The number of hydrogen-bond acceptors (Lipinski definition) is 5. The molecule has 1 atom stereocenters.